The molecule has 1 fully saturated rings. The summed E-state index contributed by atoms with van der Waals surface area (Å²) >= 11 is 1.73. The fourth-order valence-electron chi connectivity index (χ4n) is 3.00. The molecule has 0 aromatic carbocycles. The number of hydrogen-bond donors (Lipinski definition) is 1. The average Bonchev–Trinajstić information content (AvgIpc) is 2.91. The Morgan fingerprint density at radius 3 is 2.92 bits per heavy atom. The Bertz CT molecular complexity index is 539. The third-order valence-electron chi connectivity index (χ3n) is 4.29. The van der Waals surface area contributed by atoms with Crippen molar-refractivity contribution in [3.05, 3.63) is 16.1 Å². The SMILES string of the molecule is Cc1csc(CCNC(C)C2CCCN(C(=O)OC(C)(C)C)C2)n1. The van der Waals surface area contributed by atoms with Crippen LogP contribution in [-0.4, -0.2) is 47.3 Å². The first-order chi connectivity index (χ1) is 11.2. The lowest BCUT2D eigenvalue weighted by Gasteiger charge is -2.36. The van der Waals surface area contributed by atoms with Crippen LogP contribution in [-0.2, 0) is 11.2 Å². The highest BCUT2D eigenvalue weighted by Gasteiger charge is 2.29. The van der Waals surface area contributed by atoms with Crippen molar-refractivity contribution in [2.45, 2.75) is 65.5 Å². The smallest absolute Gasteiger partial charge is 0.410 e. The maximum absolute atomic E-state index is 12.3. The normalized spacial score (nSPS) is 20.0. The molecule has 6 heteroatoms. The van der Waals surface area contributed by atoms with Crippen LogP contribution in [0.5, 0.6) is 0 Å². The Morgan fingerprint density at radius 1 is 1.54 bits per heavy atom. The van der Waals surface area contributed by atoms with E-state index in [9.17, 15) is 4.79 Å². The van der Waals surface area contributed by atoms with Crippen molar-refractivity contribution in [1.29, 1.82) is 0 Å². The molecule has 1 aromatic heterocycles. The van der Waals surface area contributed by atoms with E-state index in [0.717, 1.165) is 44.6 Å². The van der Waals surface area contributed by atoms with Gasteiger partial charge in [-0.2, -0.15) is 0 Å². The van der Waals surface area contributed by atoms with Crippen LogP contribution in [0, 0.1) is 12.8 Å². The highest BCUT2D eigenvalue weighted by Crippen LogP contribution is 2.22. The molecule has 0 saturated carbocycles. The van der Waals surface area contributed by atoms with Crippen LogP contribution in [0.1, 0.15) is 51.2 Å². The molecule has 1 aliphatic rings. The number of amides is 1. The summed E-state index contributed by atoms with van der Waals surface area (Å²) in [6.07, 6.45) is 2.98. The summed E-state index contributed by atoms with van der Waals surface area (Å²) in [6, 6.07) is 0.385. The zero-order valence-corrected chi connectivity index (χ0v) is 16.4. The monoisotopic (exact) mass is 353 g/mol. The summed E-state index contributed by atoms with van der Waals surface area (Å²) in [5.41, 5.74) is 0.669. The topological polar surface area (TPSA) is 54.5 Å². The minimum absolute atomic E-state index is 0.183. The molecule has 2 rings (SSSR count). The second-order valence-corrected chi connectivity index (χ2v) is 8.65. The van der Waals surface area contributed by atoms with Crippen molar-refractivity contribution in [3.63, 3.8) is 0 Å². The van der Waals surface area contributed by atoms with Crippen LogP contribution in [0.4, 0.5) is 4.79 Å². The summed E-state index contributed by atoms with van der Waals surface area (Å²) in [6.45, 7) is 12.5. The lowest BCUT2D eigenvalue weighted by Crippen LogP contribution is -2.48. The number of ether oxygens (including phenoxy) is 1. The summed E-state index contributed by atoms with van der Waals surface area (Å²) in [5.74, 6) is 0.476. The Kier molecular flexibility index (Phi) is 6.63. The van der Waals surface area contributed by atoms with Crippen molar-refractivity contribution >= 4 is 17.4 Å². The lowest BCUT2D eigenvalue weighted by atomic mass is 9.91. The van der Waals surface area contributed by atoms with Crippen molar-refractivity contribution in [1.82, 2.24) is 15.2 Å². The molecule has 1 amide bonds. The molecule has 0 aliphatic carbocycles. The number of likely N-dealkylation sites (tertiary alicyclic amines) is 1. The molecular formula is C18H31N3O2S. The molecular weight excluding hydrogens is 322 g/mol. The van der Waals surface area contributed by atoms with Gasteiger partial charge in [0.05, 0.1) is 5.01 Å². The van der Waals surface area contributed by atoms with Gasteiger partial charge in [0, 0.05) is 43.2 Å². The number of piperidine rings is 1. The fraction of sp³-hybridized carbons (Fsp3) is 0.778. The number of thiazole rings is 1. The molecule has 1 saturated heterocycles. The van der Waals surface area contributed by atoms with Crippen molar-refractivity contribution < 1.29 is 9.53 Å². The van der Waals surface area contributed by atoms with Gasteiger partial charge in [-0.15, -0.1) is 11.3 Å². The van der Waals surface area contributed by atoms with Crippen molar-refractivity contribution in [3.8, 4) is 0 Å². The number of carbonyl (C=O) groups excluding carboxylic acids is 1. The fourth-order valence-corrected chi connectivity index (χ4v) is 3.78. The first-order valence-electron chi connectivity index (χ1n) is 8.87. The molecule has 2 heterocycles. The number of carbonyl (C=O) groups is 1. The van der Waals surface area contributed by atoms with Gasteiger partial charge in [0.15, 0.2) is 0 Å². The second-order valence-electron chi connectivity index (χ2n) is 7.70. The first-order valence-corrected chi connectivity index (χ1v) is 9.75. The van der Waals surface area contributed by atoms with E-state index in [1.807, 2.05) is 32.6 Å². The van der Waals surface area contributed by atoms with Gasteiger partial charge >= 0.3 is 6.09 Å². The van der Waals surface area contributed by atoms with Crippen molar-refractivity contribution in [2.24, 2.45) is 5.92 Å². The van der Waals surface area contributed by atoms with E-state index in [-0.39, 0.29) is 6.09 Å². The second kappa shape index (κ2) is 8.30. The maximum Gasteiger partial charge on any atom is 0.410 e. The zero-order valence-electron chi connectivity index (χ0n) is 15.6. The van der Waals surface area contributed by atoms with Crippen LogP contribution in [0.2, 0.25) is 0 Å². The number of aryl methyl sites for hydroxylation is 1. The van der Waals surface area contributed by atoms with E-state index in [1.165, 1.54) is 5.01 Å². The summed E-state index contributed by atoms with van der Waals surface area (Å²) in [7, 11) is 0. The molecule has 1 N–H and O–H groups in total. The minimum Gasteiger partial charge on any atom is -0.444 e. The van der Waals surface area contributed by atoms with Gasteiger partial charge in [0.2, 0.25) is 0 Å². The molecule has 2 unspecified atom stereocenters. The molecule has 1 aromatic rings. The Labute approximate surface area is 149 Å². The molecule has 136 valence electrons. The largest absolute Gasteiger partial charge is 0.444 e. The first kappa shape index (κ1) is 19.2. The number of nitrogens with zero attached hydrogens (tertiary/aromatic N) is 2. The van der Waals surface area contributed by atoms with Crippen LogP contribution >= 0.6 is 11.3 Å². The molecule has 0 radical (unpaired) electrons. The molecule has 1 aliphatic heterocycles. The van der Waals surface area contributed by atoms with Gasteiger partial charge in [-0.3, -0.25) is 0 Å². The number of hydrogen-bond acceptors (Lipinski definition) is 5. The summed E-state index contributed by atoms with van der Waals surface area (Å²) < 4.78 is 5.51. The van der Waals surface area contributed by atoms with E-state index < -0.39 is 5.60 Å². The van der Waals surface area contributed by atoms with Crippen LogP contribution in [0.15, 0.2) is 5.38 Å². The summed E-state index contributed by atoms with van der Waals surface area (Å²) in [5, 5.41) is 6.89. The number of nitrogens with one attached hydrogen (secondary N) is 1. The highest BCUT2D eigenvalue weighted by atomic mass is 32.1. The predicted molar refractivity (Wildman–Crippen MR) is 98.6 cm³/mol. The molecule has 0 bridgehead atoms. The van der Waals surface area contributed by atoms with Crippen LogP contribution in [0.3, 0.4) is 0 Å². The third-order valence-corrected chi connectivity index (χ3v) is 5.31. The average molecular weight is 354 g/mol. The summed E-state index contributed by atoms with van der Waals surface area (Å²) in [4.78, 5) is 18.6. The molecule has 24 heavy (non-hydrogen) atoms. The van der Waals surface area contributed by atoms with E-state index >= 15 is 0 Å². The van der Waals surface area contributed by atoms with Gasteiger partial charge in [-0.05, 0) is 53.4 Å². The molecule has 5 nitrogen and oxygen atoms in total. The molecule has 0 spiro atoms. The van der Waals surface area contributed by atoms with E-state index in [2.05, 4.69) is 22.6 Å². The van der Waals surface area contributed by atoms with Crippen LogP contribution < -0.4 is 5.32 Å². The quantitative estimate of drug-likeness (QED) is 0.878. The van der Waals surface area contributed by atoms with Gasteiger partial charge in [0.25, 0.3) is 0 Å². The number of rotatable bonds is 5. The maximum atomic E-state index is 12.3. The third kappa shape index (κ3) is 6.06. The standard InChI is InChI=1S/C18H31N3O2S/c1-13-12-24-16(20-13)8-9-19-14(2)15-7-6-10-21(11-15)17(22)23-18(3,4)5/h12,14-15,19H,6-11H2,1-5H3. The predicted octanol–water partition coefficient (Wildman–Crippen LogP) is 3.62. The Hall–Kier alpha value is -1.14. The highest BCUT2D eigenvalue weighted by molar-refractivity contribution is 7.09. The van der Waals surface area contributed by atoms with E-state index in [1.54, 1.807) is 11.3 Å². The number of aromatic nitrogens is 1. The zero-order chi connectivity index (χ0) is 17.7. The van der Waals surface area contributed by atoms with Gasteiger partial charge < -0.3 is 15.0 Å². The van der Waals surface area contributed by atoms with Gasteiger partial charge in [0.1, 0.15) is 5.60 Å². The molecule has 2 atom stereocenters. The van der Waals surface area contributed by atoms with Crippen LogP contribution in [0.25, 0.3) is 0 Å². The van der Waals surface area contributed by atoms with Gasteiger partial charge in [-0.1, -0.05) is 0 Å². The Balaban J connectivity index is 1.77. The minimum atomic E-state index is -0.431. The van der Waals surface area contributed by atoms with E-state index in [4.69, 9.17) is 4.74 Å². The Morgan fingerprint density at radius 2 is 2.29 bits per heavy atom. The van der Waals surface area contributed by atoms with Crippen molar-refractivity contribution in [2.75, 3.05) is 19.6 Å². The van der Waals surface area contributed by atoms with E-state index in [0.29, 0.717) is 12.0 Å². The lowest BCUT2D eigenvalue weighted by molar-refractivity contribution is 0.0149. The van der Waals surface area contributed by atoms with Gasteiger partial charge in [-0.25, -0.2) is 9.78 Å².